The Labute approximate surface area is 195 Å². The van der Waals surface area contributed by atoms with E-state index in [0.717, 1.165) is 0 Å². The normalized spacial score (nSPS) is 15.3. The standard InChI is InChI=1S/C20H19F2N3O3.C2HF3O2/c21-14-5-3-13(4-6-14)16-17-15(22)2-1-9-25(17)18(23-16)19(27)24-20(12-26)7-10-28-11-8-20;3-2(4,5)1(6)7/h1-6,9,26H,7-8,10-12H2,(H,24,27);(H,6,7). The van der Waals surface area contributed by atoms with Gasteiger partial charge in [0.2, 0.25) is 5.82 Å². The number of aliphatic hydroxyl groups is 1. The van der Waals surface area contributed by atoms with Crippen LogP contribution >= 0.6 is 0 Å². The highest BCUT2D eigenvalue weighted by Gasteiger charge is 2.38. The van der Waals surface area contributed by atoms with Crippen molar-refractivity contribution < 1.29 is 46.5 Å². The number of carbonyl (C=O) groups excluding carboxylic acids is 1. The number of carboxylic acids is 1. The van der Waals surface area contributed by atoms with E-state index in [1.807, 2.05) is 0 Å². The summed E-state index contributed by atoms with van der Waals surface area (Å²) in [6, 6.07) is 8.23. The van der Waals surface area contributed by atoms with Crippen molar-refractivity contribution >= 4 is 17.4 Å². The highest BCUT2D eigenvalue weighted by atomic mass is 19.4. The van der Waals surface area contributed by atoms with Gasteiger partial charge in [-0.25, -0.2) is 18.6 Å². The van der Waals surface area contributed by atoms with Crippen molar-refractivity contribution in [3.05, 3.63) is 60.1 Å². The molecule has 35 heavy (non-hydrogen) atoms. The summed E-state index contributed by atoms with van der Waals surface area (Å²) in [4.78, 5) is 26.2. The number of amides is 1. The van der Waals surface area contributed by atoms with Gasteiger partial charge in [0.15, 0.2) is 0 Å². The van der Waals surface area contributed by atoms with Crippen LogP contribution in [0, 0.1) is 11.6 Å². The van der Waals surface area contributed by atoms with Crippen molar-refractivity contribution in [3.63, 3.8) is 0 Å². The van der Waals surface area contributed by atoms with Gasteiger partial charge >= 0.3 is 12.1 Å². The predicted octanol–water partition coefficient (Wildman–Crippen LogP) is 3.18. The zero-order chi connectivity index (χ0) is 25.8. The Hall–Kier alpha value is -3.58. The van der Waals surface area contributed by atoms with Crippen LogP contribution < -0.4 is 5.32 Å². The number of benzene rings is 1. The molecule has 1 aliphatic rings. The Bertz CT molecular complexity index is 1200. The molecule has 1 amide bonds. The fourth-order valence-corrected chi connectivity index (χ4v) is 3.45. The van der Waals surface area contributed by atoms with E-state index in [2.05, 4.69) is 10.3 Å². The van der Waals surface area contributed by atoms with Gasteiger partial charge in [-0.05, 0) is 49.2 Å². The third-order valence-electron chi connectivity index (χ3n) is 5.31. The van der Waals surface area contributed by atoms with Gasteiger partial charge in [0.25, 0.3) is 5.91 Å². The summed E-state index contributed by atoms with van der Waals surface area (Å²) in [5.41, 5.74) is 0.0633. The van der Waals surface area contributed by atoms with E-state index in [4.69, 9.17) is 14.6 Å². The van der Waals surface area contributed by atoms with Crippen LogP contribution in [-0.2, 0) is 9.53 Å². The first kappa shape index (κ1) is 26.0. The lowest BCUT2D eigenvalue weighted by molar-refractivity contribution is -0.192. The second kappa shape index (κ2) is 10.4. The second-order valence-electron chi connectivity index (χ2n) is 7.67. The number of ether oxygens (including phenoxy) is 1. The number of rotatable bonds is 4. The van der Waals surface area contributed by atoms with E-state index in [1.54, 1.807) is 6.20 Å². The molecular formula is C22H20F5N3O5. The molecular weight excluding hydrogens is 481 g/mol. The summed E-state index contributed by atoms with van der Waals surface area (Å²) in [7, 11) is 0. The average Bonchev–Trinajstić information content (AvgIpc) is 3.21. The lowest BCUT2D eigenvalue weighted by Crippen LogP contribution is -2.54. The molecule has 0 radical (unpaired) electrons. The molecule has 4 rings (SSSR count). The van der Waals surface area contributed by atoms with Crippen molar-refractivity contribution in [2.24, 2.45) is 0 Å². The summed E-state index contributed by atoms with van der Waals surface area (Å²) in [6.45, 7) is 0.627. The first-order valence-corrected chi connectivity index (χ1v) is 10.2. The number of carboxylic acid groups (broad SMARTS) is 1. The van der Waals surface area contributed by atoms with Crippen LogP contribution in [0.3, 0.4) is 0 Å². The number of pyridine rings is 1. The van der Waals surface area contributed by atoms with Gasteiger partial charge in [0.1, 0.15) is 17.2 Å². The number of halogens is 5. The minimum Gasteiger partial charge on any atom is -0.475 e. The van der Waals surface area contributed by atoms with E-state index in [0.29, 0.717) is 31.6 Å². The second-order valence-corrected chi connectivity index (χ2v) is 7.67. The molecule has 188 valence electrons. The summed E-state index contributed by atoms with van der Waals surface area (Å²) in [6.07, 6.45) is -2.60. The minimum absolute atomic E-state index is 0.00635. The smallest absolute Gasteiger partial charge is 0.475 e. The number of aliphatic hydroxyl groups excluding tert-OH is 1. The fourth-order valence-electron chi connectivity index (χ4n) is 3.45. The van der Waals surface area contributed by atoms with Gasteiger partial charge in [0, 0.05) is 25.0 Å². The van der Waals surface area contributed by atoms with Gasteiger partial charge in [0.05, 0.1) is 17.8 Å². The molecule has 0 saturated carbocycles. The highest BCUT2D eigenvalue weighted by Crippen LogP contribution is 2.28. The van der Waals surface area contributed by atoms with Crippen LogP contribution in [0.25, 0.3) is 16.8 Å². The number of nitrogens with zero attached hydrogens (tertiary/aromatic N) is 2. The van der Waals surface area contributed by atoms with E-state index in [-0.39, 0.29) is 23.6 Å². The number of hydrogen-bond donors (Lipinski definition) is 3. The summed E-state index contributed by atoms with van der Waals surface area (Å²) >= 11 is 0. The molecule has 0 bridgehead atoms. The van der Waals surface area contributed by atoms with Gasteiger partial charge in [-0.3, -0.25) is 9.20 Å². The summed E-state index contributed by atoms with van der Waals surface area (Å²) in [5.74, 6) is -4.25. The molecule has 0 atom stereocenters. The summed E-state index contributed by atoms with van der Waals surface area (Å²) < 4.78 is 66.3. The zero-order valence-electron chi connectivity index (χ0n) is 18.0. The number of imidazole rings is 1. The average molecular weight is 501 g/mol. The number of aromatic nitrogens is 2. The Kier molecular flexibility index (Phi) is 7.70. The van der Waals surface area contributed by atoms with Crippen molar-refractivity contribution in [3.8, 4) is 11.3 Å². The Morgan fingerprint density at radius 2 is 1.71 bits per heavy atom. The number of carbonyl (C=O) groups is 2. The molecule has 0 spiro atoms. The zero-order valence-corrected chi connectivity index (χ0v) is 18.0. The van der Waals surface area contributed by atoms with Crippen LogP contribution in [0.5, 0.6) is 0 Å². The van der Waals surface area contributed by atoms with Crippen molar-refractivity contribution in [1.29, 1.82) is 0 Å². The molecule has 1 fully saturated rings. The van der Waals surface area contributed by atoms with Crippen molar-refractivity contribution in [2.75, 3.05) is 19.8 Å². The largest absolute Gasteiger partial charge is 0.490 e. The van der Waals surface area contributed by atoms with Crippen LogP contribution in [-0.4, -0.2) is 63.0 Å². The molecule has 3 N–H and O–H groups in total. The molecule has 0 unspecified atom stereocenters. The maximum Gasteiger partial charge on any atom is 0.490 e. The SMILES string of the molecule is O=C(NC1(CO)CCOCC1)c1nc(-c2ccc(F)cc2)c2c(F)cccn12.O=C(O)C(F)(F)F. The van der Waals surface area contributed by atoms with E-state index < -0.39 is 35.2 Å². The number of fused-ring (bicyclic) bond motifs is 1. The van der Waals surface area contributed by atoms with E-state index >= 15 is 0 Å². The molecule has 13 heteroatoms. The first-order chi connectivity index (χ1) is 16.5. The van der Waals surface area contributed by atoms with Gasteiger partial charge < -0.3 is 20.3 Å². The van der Waals surface area contributed by atoms with Gasteiger partial charge in [-0.2, -0.15) is 13.2 Å². The maximum absolute atomic E-state index is 14.6. The lowest BCUT2D eigenvalue weighted by atomic mass is 9.91. The minimum atomic E-state index is -5.08. The van der Waals surface area contributed by atoms with E-state index in [9.17, 15) is 31.9 Å². The fraction of sp³-hybridized carbons (Fsp3) is 0.318. The lowest BCUT2D eigenvalue weighted by Gasteiger charge is -2.36. The molecule has 3 aromatic rings. The number of aliphatic carboxylic acids is 1. The molecule has 1 aliphatic heterocycles. The van der Waals surface area contributed by atoms with Crippen LogP contribution in [0.15, 0.2) is 42.6 Å². The Morgan fingerprint density at radius 3 is 2.26 bits per heavy atom. The number of nitrogens with one attached hydrogen (secondary N) is 1. The molecule has 1 saturated heterocycles. The molecule has 8 nitrogen and oxygen atoms in total. The van der Waals surface area contributed by atoms with Gasteiger partial charge in [-0.15, -0.1) is 0 Å². The number of alkyl halides is 3. The Morgan fingerprint density at radius 1 is 1.11 bits per heavy atom. The molecule has 1 aromatic carbocycles. The predicted molar refractivity (Wildman–Crippen MR) is 112 cm³/mol. The van der Waals surface area contributed by atoms with E-state index in [1.165, 1.54) is 40.8 Å². The quantitative estimate of drug-likeness (QED) is 0.474. The number of hydrogen-bond acceptors (Lipinski definition) is 5. The maximum atomic E-state index is 14.6. The van der Waals surface area contributed by atoms with Gasteiger partial charge in [-0.1, -0.05) is 0 Å². The van der Waals surface area contributed by atoms with Crippen molar-refractivity contribution in [1.82, 2.24) is 14.7 Å². The highest BCUT2D eigenvalue weighted by molar-refractivity contribution is 5.95. The monoisotopic (exact) mass is 501 g/mol. The molecule has 3 heterocycles. The summed E-state index contributed by atoms with van der Waals surface area (Å²) in [5, 5.41) is 19.8. The van der Waals surface area contributed by atoms with Crippen LogP contribution in [0.1, 0.15) is 23.5 Å². The van der Waals surface area contributed by atoms with Crippen molar-refractivity contribution in [2.45, 2.75) is 24.6 Å². The molecule has 2 aromatic heterocycles. The third kappa shape index (κ3) is 5.92. The third-order valence-corrected chi connectivity index (χ3v) is 5.31. The molecule has 0 aliphatic carbocycles. The topological polar surface area (TPSA) is 113 Å². The van der Waals surface area contributed by atoms with Crippen LogP contribution in [0.4, 0.5) is 22.0 Å². The first-order valence-electron chi connectivity index (χ1n) is 10.2. The van der Waals surface area contributed by atoms with Crippen LogP contribution in [0.2, 0.25) is 0 Å². The Balaban J connectivity index is 0.000000429.